The second-order valence-corrected chi connectivity index (χ2v) is 7.96. The van der Waals surface area contributed by atoms with Gasteiger partial charge in [0, 0.05) is 37.6 Å². The number of aromatic nitrogens is 4. The van der Waals surface area contributed by atoms with Crippen molar-refractivity contribution in [2.45, 2.75) is 45.6 Å². The zero-order valence-electron chi connectivity index (χ0n) is 18.4. The first-order chi connectivity index (χ1) is 15.7. The van der Waals surface area contributed by atoms with Crippen molar-refractivity contribution in [3.05, 3.63) is 59.3 Å². The van der Waals surface area contributed by atoms with Gasteiger partial charge in [0.15, 0.2) is 0 Å². The standard InChI is InChI=1S/C22H24F3N7O/c1-4-16-21(33)30-20-13(2)29-19(7-17(20)31(16)3)27-9-15-10-28-32(12-15)11-14-5-6-18(26-8-14)22(23,24)25/h5-8,10,12,16H,4,9,11H2,1-3H3,(H,27,29)(H,30,33)/t16-/m0/s1. The minimum atomic E-state index is -4.45. The summed E-state index contributed by atoms with van der Waals surface area (Å²) in [5.41, 5.74) is 2.93. The van der Waals surface area contributed by atoms with Crippen LogP contribution in [0.2, 0.25) is 0 Å². The summed E-state index contributed by atoms with van der Waals surface area (Å²) in [6.07, 6.45) is 0.954. The Morgan fingerprint density at radius 3 is 2.67 bits per heavy atom. The van der Waals surface area contributed by atoms with Gasteiger partial charge in [0.25, 0.3) is 0 Å². The molecule has 3 aromatic heterocycles. The van der Waals surface area contributed by atoms with Crippen LogP contribution in [-0.4, -0.2) is 38.7 Å². The van der Waals surface area contributed by atoms with Crippen LogP contribution in [0, 0.1) is 6.92 Å². The molecule has 1 aliphatic heterocycles. The molecule has 174 valence electrons. The summed E-state index contributed by atoms with van der Waals surface area (Å²) in [7, 11) is 1.90. The summed E-state index contributed by atoms with van der Waals surface area (Å²) >= 11 is 0. The van der Waals surface area contributed by atoms with Crippen molar-refractivity contribution >= 4 is 23.1 Å². The number of carbonyl (C=O) groups excluding carboxylic acids is 1. The van der Waals surface area contributed by atoms with Gasteiger partial charge in [-0.05, 0) is 25.0 Å². The lowest BCUT2D eigenvalue weighted by Gasteiger charge is -2.35. The molecule has 0 saturated carbocycles. The molecule has 33 heavy (non-hydrogen) atoms. The van der Waals surface area contributed by atoms with Crippen LogP contribution in [0.4, 0.5) is 30.4 Å². The van der Waals surface area contributed by atoms with Crippen molar-refractivity contribution in [2.75, 3.05) is 22.6 Å². The molecule has 0 aromatic carbocycles. The Hall–Kier alpha value is -3.63. The summed E-state index contributed by atoms with van der Waals surface area (Å²) < 4.78 is 39.6. The molecule has 4 heterocycles. The van der Waals surface area contributed by atoms with Crippen LogP contribution in [0.3, 0.4) is 0 Å². The zero-order valence-corrected chi connectivity index (χ0v) is 18.4. The first kappa shape index (κ1) is 22.6. The molecule has 8 nitrogen and oxygen atoms in total. The van der Waals surface area contributed by atoms with Crippen LogP contribution in [0.1, 0.15) is 35.9 Å². The second-order valence-electron chi connectivity index (χ2n) is 7.96. The number of hydrogen-bond acceptors (Lipinski definition) is 6. The monoisotopic (exact) mass is 459 g/mol. The molecule has 1 atom stereocenters. The highest BCUT2D eigenvalue weighted by Crippen LogP contribution is 2.35. The van der Waals surface area contributed by atoms with Crippen molar-refractivity contribution in [3.8, 4) is 0 Å². The van der Waals surface area contributed by atoms with Gasteiger partial charge in [-0.1, -0.05) is 13.0 Å². The topological polar surface area (TPSA) is 88.0 Å². The van der Waals surface area contributed by atoms with Gasteiger partial charge in [-0.2, -0.15) is 18.3 Å². The number of fused-ring (bicyclic) bond motifs is 1. The van der Waals surface area contributed by atoms with Gasteiger partial charge in [-0.15, -0.1) is 0 Å². The Morgan fingerprint density at radius 1 is 1.21 bits per heavy atom. The third kappa shape index (κ3) is 4.76. The maximum Gasteiger partial charge on any atom is 0.433 e. The number of rotatable bonds is 6. The molecule has 0 radical (unpaired) electrons. The highest BCUT2D eigenvalue weighted by molar-refractivity contribution is 6.04. The predicted octanol–water partition coefficient (Wildman–Crippen LogP) is 3.83. The van der Waals surface area contributed by atoms with Gasteiger partial charge in [0.2, 0.25) is 5.91 Å². The van der Waals surface area contributed by atoms with E-state index in [1.807, 2.05) is 38.1 Å². The molecule has 0 fully saturated rings. The summed E-state index contributed by atoms with van der Waals surface area (Å²) in [5, 5.41) is 10.5. The maximum atomic E-state index is 12.7. The number of hydrogen-bond donors (Lipinski definition) is 2. The smallest absolute Gasteiger partial charge is 0.366 e. The average Bonchev–Trinajstić information content (AvgIpc) is 3.20. The molecule has 0 aliphatic carbocycles. The maximum absolute atomic E-state index is 12.7. The molecule has 4 rings (SSSR count). The van der Waals surface area contributed by atoms with E-state index in [-0.39, 0.29) is 11.9 Å². The number of aryl methyl sites for hydroxylation is 1. The quantitative estimate of drug-likeness (QED) is 0.583. The number of halogens is 3. The van der Waals surface area contributed by atoms with E-state index in [1.54, 1.807) is 10.9 Å². The molecule has 0 unspecified atom stereocenters. The van der Waals surface area contributed by atoms with Crippen molar-refractivity contribution < 1.29 is 18.0 Å². The molecule has 1 aliphatic rings. The minimum absolute atomic E-state index is 0.0335. The molecular weight excluding hydrogens is 435 g/mol. The number of carbonyl (C=O) groups is 1. The fourth-order valence-electron chi connectivity index (χ4n) is 3.84. The highest BCUT2D eigenvalue weighted by Gasteiger charge is 2.32. The zero-order chi connectivity index (χ0) is 23.8. The molecule has 3 aromatic rings. The van der Waals surface area contributed by atoms with Crippen LogP contribution in [0.5, 0.6) is 0 Å². The van der Waals surface area contributed by atoms with Crippen LogP contribution in [-0.2, 0) is 24.1 Å². The Bertz CT molecular complexity index is 1160. The van der Waals surface area contributed by atoms with Crippen molar-refractivity contribution in [1.82, 2.24) is 19.7 Å². The van der Waals surface area contributed by atoms with Crippen molar-refractivity contribution in [1.29, 1.82) is 0 Å². The lowest BCUT2D eigenvalue weighted by atomic mass is 10.1. The molecule has 1 amide bonds. The molecular formula is C22H24F3N7O. The van der Waals surface area contributed by atoms with Gasteiger partial charge in [-0.3, -0.25) is 14.5 Å². The van der Waals surface area contributed by atoms with Crippen molar-refractivity contribution in [2.24, 2.45) is 0 Å². The van der Waals surface area contributed by atoms with E-state index >= 15 is 0 Å². The van der Waals surface area contributed by atoms with E-state index in [1.165, 1.54) is 12.3 Å². The molecule has 11 heteroatoms. The Labute approximate surface area is 188 Å². The fourth-order valence-corrected chi connectivity index (χ4v) is 3.84. The van der Waals surface area contributed by atoms with Crippen LogP contribution in [0.25, 0.3) is 0 Å². The van der Waals surface area contributed by atoms with Crippen LogP contribution < -0.4 is 15.5 Å². The lowest BCUT2D eigenvalue weighted by Crippen LogP contribution is -2.45. The first-order valence-corrected chi connectivity index (χ1v) is 10.5. The summed E-state index contributed by atoms with van der Waals surface area (Å²) in [5.74, 6) is 0.637. The summed E-state index contributed by atoms with van der Waals surface area (Å²) in [6.45, 7) is 4.59. The Kier molecular flexibility index (Phi) is 5.96. The normalized spacial score (nSPS) is 15.9. The second kappa shape index (κ2) is 8.72. The third-order valence-electron chi connectivity index (χ3n) is 5.58. The SMILES string of the molecule is CC[C@H]1C(=O)Nc2c(cc(NCc3cnn(Cc4ccc(C(F)(F)F)nc4)c3)nc2C)N1C. The first-order valence-electron chi connectivity index (χ1n) is 10.5. The van der Waals surface area contributed by atoms with Crippen LogP contribution >= 0.6 is 0 Å². The van der Waals surface area contributed by atoms with Crippen molar-refractivity contribution in [3.63, 3.8) is 0 Å². The van der Waals surface area contributed by atoms with E-state index < -0.39 is 11.9 Å². The molecule has 2 N–H and O–H groups in total. The van der Waals surface area contributed by atoms with Crippen LogP contribution in [0.15, 0.2) is 36.8 Å². The van der Waals surface area contributed by atoms with E-state index in [0.717, 1.165) is 28.7 Å². The lowest BCUT2D eigenvalue weighted by molar-refractivity contribution is -0.141. The van der Waals surface area contributed by atoms with E-state index in [4.69, 9.17) is 0 Å². The third-order valence-corrected chi connectivity index (χ3v) is 5.58. The largest absolute Gasteiger partial charge is 0.433 e. The number of alkyl halides is 3. The fraction of sp³-hybridized carbons (Fsp3) is 0.364. The number of anilines is 3. The average molecular weight is 459 g/mol. The number of amides is 1. The Morgan fingerprint density at radius 2 is 2.00 bits per heavy atom. The number of nitrogens with zero attached hydrogens (tertiary/aromatic N) is 5. The summed E-state index contributed by atoms with van der Waals surface area (Å²) in [4.78, 5) is 22.3. The highest BCUT2D eigenvalue weighted by atomic mass is 19.4. The molecule has 0 spiro atoms. The van der Waals surface area contributed by atoms with E-state index in [9.17, 15) is 18.0 Å². The molecule has 0 saturated heterocycles. The van der Waals surface area contributed by atoms with E-state index in [2.05, 4.69) is 25.7 Å². The van der Waals surface area contributed by atoms with Gasteiger partial charge in [-0.25, -0.2) is 4.98 Å². The number of likely N-dealkylation sites (N-methyl/N-ethyl adjacent to an activating group) is 1. The molecule has 0 bridgehead atoms. The number of nitrogens with one attached hydrogen (secondary N) is 2. The predicted molar refractivity (Wildman–Crippen MR) is 118 cm³/mol. The van der Waals surface area contributed by atoms with Gasteiger partial charge in [0.05, 0.1) is 29.8 Å². The van der Waals surface area contributed by atoms with E-state index in [0.29, 0.717) is 30.9 Å². The summed E-state index contributed by atoms with van der Waals surface area (Å²) in [6, 6.07) is 4.04. The number of pyridine rings is 2. The minimum Gasteiger partial charge on any atom is -0.366 e. The van der Waals surface area contributed by atoms with Gasteiger partial charge in [0.1, 0.15) is 17.6 Å². The van der Waals surface area contributed by atoms with Gasteiger partial charge < -0.3 is 15.5 Å². The van der Waals surface area contributed by atoms with Gasteiger partial charge >= 0.3 is 6.18 Å². The Balaban J connectivity index is 1.42.